The highest BCUT2D eigenvalue weighted by Crippen LogP contribution is 2.60. The molecule has 1 amide bonds. The third-order valence-electron chi connectivity index (χ3n) is 6.00. The number of amides is 1. The largest absolute Gasteiger partial charge is 0.350 e. The molecule has 4 rings (SSSR count). The Morgan fingerprint density at radius 3 is 2.83 bits per heavy atom. The minimum absolute atomic E-state index is 0.105. The van der Waals surface area contributed by atoms with Crippen molar-refractivity contribution in [2.45, 2.75) is 71.8 Å². The van der Waals surface area contributed by atoms with Gasteiger partial charge in [-0.05, 0) is 42.9 Å². The van der Waals surface area contributed by atoms with E-state index in [0.29, 0.717) is 36.0 Å². The number of carbonyl (C=O) groups is 1. The van der Waals surface area contributed by atoms with Crippen molar-refractivity contribution in [2.75, 3.05) is 0 Å². The van der Waals surface area contributed by atoms with Crippen LogP contribution in [0, 0.1) is 17.3 Å². The summed E-state index contributed by atoms with van der Waals surface area (Å²) in [4.78, 5) is 16.6. The number of nitrogens with one attached hydrogen (secondary N) is 1. The van der Waals surface area contributed by atoms with Gasteiger partial charge in [0.15, 0.2) is 5.82 Å². The summed E-state index contributed by atoms with van der Waals surface area (Å²) in [6.45, 7) is 11.0. The molecular weight excluding hydrogens is 302 g/mol. The number of nitrogens with zero attached hydrogens (tertiary/aromatic N) is 2. The van der Waals surface area contributed by atoms with Gasteiger partial charge in [0.05, 0.1) is 6.04 Å². The molecule has 0 spiro atoms. The molecule has 0 aliphatic heterocycles. The molecule has 2 bridgehead atoms. The van der Waals surface area contributed by atoms with Gasteiger partial charge in [0.25, 0.3) is 0 Å². The smallest absolute Gasteiger partial charge is 0.226 e. The van der Waals surface area contributed by atoms with E-state index in [0.717, 1.165) is 31.5 Å². The van der Waals surface area contributed by atoms with E-state index in [1.165, 1.54) is 12.0 Å². The summed E-state index contributed by atoms with van der Waals surface area (Å²) >= 11 is 0. The molecule has 3 saturated carbocycles. The van der Waals surface area contributed by atoms with Crippen molar-refractivity contribution in [1.29, 1.82) is 0 Å². The lowest BCUT2D eigenvalue weighted by Crippen LogP contribution is -2.57. The SMILES string of the molecule is C=C1C(NC(=O)CCCc2nc(CCC)no2)C[C@H]2C[C@@H]1C2(C)C. The van der Waals surface area contributed by atoms with E-state index in [1.807, 2.05) is 0 Å². The molecule has 1 aromatic heterocycles. The van der Waals surface area contributed by atoms with Crippen molar-refractivity contribution in [3.63, 3.8) is 0 Å². The molecule has 0 saturated heterocycles. The standard InChI is InChI=1S/C19H29N3O2/c1-5-7-16-21-18(24-22-16)9-6-8-17(23)20-15-11-13-10-14(12(15)2)19(13,3)4/h13-15H,2,5-11H2,1,3-4H3,(H,20,23)/t13-,14+,15?/m1/s1. The second-order valence-corrected chi connectivity index (χ2v) is 7.95. The Bertz CT molecular complexity index is 620. The maximum absolute atomic E-state index is 12.2. The van der Waals surface area contributed by atoms with Crippen LogP contribution in [0.1, 0.15) is 64.6 Å². The second kappa shape index (κ2) is 6.69. The minimum atomic E-state index is 0.105. The molecule has 1 unspecified atom stereocenters. The Labute approximate surface area is 144 Å². The van der Waals surface area contributed by atoms with Crippen LogP contribution in [0.3, 0.4) is 0 Å². The lowest BCUT2D eigenvalue weighted by Gasteiger charge is -2.60. The molecule has 1 N–H and O–H groups in total. The van der Waals surface area contributed by atoms with Crippen molar-refractivity contribution < 1.29 is 9.32 Å². The van der Waals surface area contributed by atoms with Gasteiger partial charge in [-0.3, -0.25) is 4.79 Å². The average Bonchev–Trinajstić information content (AvgIpc) is 2.96. The van der Waals surface area contributed by atoms with E-state index >= 15 is 0 Å². The molecule has 3 aliphatic carbocycles. The van der Waals surface area contributed by atoms with Crippen LogP contribution >= 0.6 is 0 Å². The van der Waals surface area contributed by atoms with Gasteiger partial charge in [0, 0.05) is 19.3 Å². The van der Waals surface area contributed by atoms with Gasteiger partial charge >= 0.3 is 0 Å². The van der Waals surface area contributed by atoms with Gasteiger partial charge in [-0.15, -0.1) is 0 Å². The Hall–Kier alpha value is -1.65. The first-order valence-corrected chi connectivity index (χ1v) is 9.21. The molecule has 3 atom stereocenters. The fourth-order valence-electron chi connectivity index (χ4n) is 4.26. The van der Waals surface area contributed by atoms with Gasteiger partial charge in [0.2, 0.25) is 11.8 Å². The number of aryl methyl sites for hydroxylation is 2. The molecule has 1 heterocycles. The minimum Gasteiger partial charge on any atom is -0.350 e. The number of fused-ring (bicyclic) bond motifs is 2. The van der Waals surface area contributed by atoms with Crippen LogP contribution in [0.15, 0.2) is 16.7 Å². The van der Waals surface area contributed by atoms with E-state index in [1.54, 1.807) is 0 Å². The summed E-state index contributed by atoms with van der Waals surface area (Å²) in [5, 5.41) is 7.11. The van der Waals surface area contributed by atoms with Gasteiger partial charge in [-0.2, -0.15) is 4.98 Å². The Morgan fingerprint density at radius 1 is 1.38 bits per heavy atom. The van der Waals surface area contributed by atoms with E-state index in [9.17, 15) is 4.79 Å². The number of aromatic nitrogens is 2. The Balaban J connectivity index is 1.41. The fourth-order valence-corrected chi connectivity index (χ4v) is 4.26. The van der Waals surface area contributed by atoms with Crippen molar-refractivity contribution in [1.82, 2.24) is 15.5 Å². The normalized spacial score (nSPS) is 27.6. The molecule has 3 aliphatic rings. The summed E-state index contributed by atoms with van der Waals surface area (Å²) in [6.07, 6.45) is 6.02. The van der Waals surface area contributed by atoms with Crippen LogP contribution in [0.5, 0.6) is 0 Å². The zero-order valence-corrected chi connectivity index (χ0v) is 15.1. The maximum Gasteiger partial charge on any atom is 0.226 e. The first-order chi connectivity index (χ1) is 11.4. The maximum atomic E-state index is 12.2. The predicted molar refractivity (Wildman–Crippen MR) is 92.3 cm³/mol. The van der Waals surface area contributed by atoms with Crippen molar-refractivity contribution in [2.24, 2.45) is 17.3 Å². The second-order valence-electron chi connectivity index (χ2n) is 7.95. The molecule has 3 fully saturated rings. The first-order valence-electron chi connectivity index (χ1n) is 9.21. The lowest BCUT2D eigenvalue weighted by molar-refractivity contribution is -0.123. The van der Waals surface area contributed by atoms with E-state index < -0.39 is 0 Å². The highest BCUT2D eigenvalue weighted by atomic mass is 16.5. The fraction of sp³-hybridized carbons (Fsp3) is 0.737. The molecule has 5 heteroatoms. The Morgan fingerprint density at radius 2 is 2.17 bits per heavy atom. The molecule has 1 aromatic rings. The van der Waals surface area contributed by atoms with Gasteiger partial charge in [0.1, 0.15) is 0 Å². The van der Waals surface area contributed by atoms with Crippen LogP contribution in [0.4, 0.5) is 0 Å². The third-order valence-corrected chi connectivity index (χ3v) is 6.00. The van der Waals surface area contributed by atoms with Crippen LogP contribution in [-0.4, -0.2) is 22.1 Å². The van der Waals surface area contributed by atoms with Gasteiger partial charge in [-0.1, -0.05) is 38.1 Å². The van der Waals surface area contributed by atoms with Crippen molar-refractivity contribution in [3.05, 3.63) is 23.9 Å². The van der Waals surface area contributed by atoms with Crippen LogP contribution < -0.4 is 5.32 Å². The first kappa shape index (κ1) is 17.2. The lowest BCUT2D eigenvalue weighted by atomic mass is 9.46. The Kier molecular flexibility index (Phi) is 4.79. The monoisotopic (exact) mass is 331 g/mol. The summed E-state index contributed by atoms with van der Waals surface area (Å²) in [5.41, 5.74) is 1.59. The molecule has 0 radical (unpaired) electrons. The molecule has 24 heavy (non-hydrogen) atoms. The van der Waals surface area contributed by atoms with Gasteiger partial charge in [-0.25, -0.2) is 0 Å². The zero-order chi connectivity index (χ0) is 17.3. The molecule has 132 valence electrons. The highest BCUT2D eigenvalue weighted by Gasteiger charge is 2.54. The number of rotatable bonds is 7. The number of carbonyl (C=O) groups excluding carboxylic acids is 1. The van der Waals surface area contributed by atoms with Gasteiger partial charge < -0.3 is 9.84 Å². The van der Waals surface area contributed by atoms with Crippen molar-refractivity contribution in [3.8, 4) is 0 Å². The summed E-state index contributed by atoms with van der Waals surface area (Å²) in [5.74, 6) is 2.78. The quantitative estimate of drug-likeness (QED) is 0.777. The molecule has 0 aromatic carbocycles. The third kappa shape index (κ3) is 3.26. The van der Waals surface area contributed by atoms with Crippen LogP contribution in [0.25, 0.3) is 0 Å². The predicted octanol–water partition coefficient (Wildman–Crippen LogP) is 3.45. The van der Waals surface area contributed by atoms with E-state index in [4.69, 9.17) is 4.52 Å². The number of hydrogen-bond acceptors (Lipinski definition) is 4. The van der Waals surface area contributed by atoms with Crippen LogP contribution in [-0.2, 0) is 17.6 Å². The summed E-state index contributed by atoms with van der Waals surface area (Å²) in [6, 6.07) is 0.161. The van der Waals surface area contributed by atoms with E-state index in [2.05, 4.69) is 42.8 Å². The van der Waals surface area contributed by atoms with Crippen molar-refractivity contribution >= 4 is 5.91 Å². The zero-order valence-electron chi connectivity index (χ0n) is 15.1. The topological polar surface area (TPSA) is 68.0 Å². The number of hydrogen-bond donors (Lipinski definition) is 1. The van der Waals surface area contributed by atoms with Crippen LogP contribution in [0.2, 0.25) is 0 Å². The summed E-state index contributed by atoms with van der Waals surface area (Å²) < 4.78 is 5.20. The molecular formula is C19H29N3O2. The average molecular weight is 331 g/mol. The van der Waals surface area contributed by atoms with E-state index in [-0.39, 0.29) is 11.9 Å². The summed E-state index contributed by atoms with van der Waals surface area (Å²) in [7, 11) is 0. The molecule has 5 nitrogen and oxygen atoms in total. The highest BCUT2D eigenvalue weighted by molar-refractivity contribution is 5.76.